The topological polar surface area (TPSA) is 47.4 Å². The SMILES string of the molecule is CC[C@@H](C)N1C(=O)/C(=C/c2cn(-c3ccccc3)nc2-c2ccc(OC)c(Br)c2)SC1=S. The normalized spacial score (nSPS) is 16.1. The average molecular weight is 528 g/mol. The third-order valence-electron chi connectivity index (χ3n) is 5.33. The van der Waals surface area contributed by atoms with Crippen LogP contribution >= 0.6 is 39.9 Å². The van der Waals surface area contributed by atoms with Gasteiger partial charge in [-0.05, 0) is 65.7 Å². The van der Waals surface area contributed by atoms with Crippen LogP contribution in [0.25, 0.3) is 23.0 Å². The Morgan fingerprint density at radius 1 is 1.25 bits per heavy atom. The van der Waals surface area contributed by atoms with E-state index in [4.69, 9.17) is 22.1 Å². The molecule has 4 rings (SSSR count). The van der Waals surface area contributed by atoms with Gasteiger partial charge in [0.05, 0.1) is 22.2 Å². The summed E-state index contributed by atoms with van der Waals surface area (Å²) < 4.78 is 8.63. The van der Waals surface area contributed by atoms with Crippen LogP contribution in [0, 0.1) is 0 Å². The number of hydrogen-bond donors (Lipinski definition) is 0. The Bertz CT molecular complexity index is 1210. The Kier molecular flexibility index (Phi) is 6.83. The molecule has 32 heavy (non-hydrogen) atoms. The lowest BCUT2D eigenvalue weighted by Crippen LogP contribution is -2.36. The van der Waals surface area contributed by atoms with E-state index >= 15 is 0 Å². The minimum atomic E-state index is -0.0522. The fraction of sp³-hybridized carbons (Fsp3) is 0.208. The smallest absolute Gasteiger partial charge is 0.266 e. The first kappa shape index (κ1) is 22.8. The molecular formula is C24H22BrN3O2S2. The molecule has 0 bridgehead atoms. The van der Waals surface area contributed by atoms with Crippen LogP contribution in [-0.4, -0.2) is 38.1 Å². The van der Waals surface area contributed by atoms with E-state index in [1.165, 1.54) is 11.8 Å². The Morgan fingerprint density at radius 2 is 2.00 bits per heavy atom. The van der Waals surface area contributed by atoms with Crippen LogP contribution in [0.15, 0.2) is 64.1 Å². The van der Waals surface area contributed by atoms with Crippen LogP contribution in [0.4, 0.5) is 0 Å². The number of rotatable bonds is 6. The molecular weight excluding hydrogens is 506 g/mol. The summed E-state index contributed by atoms with van der Waals surface area (Å²) in [6, 6.07) is 15.8. The van der Waals surface area contributed by atoms with Gasteiger partial charge in [0.15, 0.2) is 0 Å². The second kappa shape index (κ2) is 9.60. The first-order valence-corrected chi connectivity index (χ1v) is 12.2. The molecule has 0 aliphatic carbocycles. The molecule has 8 heteroatoms. The zero-order valence-corrected chi connectivity index (χ0v) is 21.1. The van der Waals surface area contributed by atoms with Gasteiger partial charge in [-0.3, -0.25) is 9.69 Å². The lowest BCUT2D eigenvalue weighted by molar-refractivity contribution is -0.123. The van der Waals surface area contributed by atoms with Gasteiger partial charge in [0.25, 0.3) is 5.91 Å². The Balaban J connectivity index is 1.81. The third kappa shape index (κ3) is 4.40. The average Bonchev–Trinajstić information content (AvgIpc) is 3.34. The van der Waals surface area contributed by atoms with E-state index in [2.05, 4.69) is 22.9 Å². The van der Waals surface area contributed by atoms with Gasteiger partial charge in [-0.1, -0.05) is 49.1 Å². The maximum Gasteiger partial charge on any atom is 0.266 e. The first-order valence-electron chi connectivity index (χ1n) is 10.2. The van der Waals surface area contributed by atoms with E-state index in [0.29, 0.717) is 9.23 Å². The van der Waals surface area contributed by atoms with Crippen molar-refractivity contribution in [1.82, 2.24) is 14.7 Å². The van der Waals surface area contributed by atoms with E-state index in [9.17, 15) is 4.79 Å². The van der Waals surface area contributed by atoms with Crippen LogP contribution in [0.3, 0.4) is 0 Å². The number of para-hydroxylation sites is 1. The number of carbonyl (C=O) groups excluding carboxylic acids is 1. The predicted molar refractivity (Wildman–Crippen MR) is 138 cm³/mol. The number of amides is 1. The summed E-state index contributed by atoms with van der Waals surface area (Å²) in [7, 11) is 1.63. The van der Waals surface area contributed by atoms with E-state index in [1.54, 1.807) is 12.0 Å². The van der Waals surface area contributed by atoms with Gasteiger partial charge in [-0.25, -0.2) is 4.68 Å². The molecule has 1 aromatic heterocycles. The van der Waals surface area contributed by atoms with Crippen LogP contribution in [0.2, 0.25) is 0 Å². The molecule has 0 radical (unpaired) electrons. The van der Waals surface area contributed by atoms with Crippen LogP contribution in [0.1, 0.15) is 25.8 Å². The second-order valence-corrected chi connectivity index (χ2v) is 9.90. The van der Waals surface area contributed by atoms with Gasteiger partial charge >= 0.3 is 0 Å². The van der Waals surface area contributed by atoms with Crippen LogP contribution in [0.5, 0.6) is 5.75 Å². The van der Waals surface area contributed by atoms with E-state index < -0.39 is 0 Å². The lowest BCUT2D eigenvalue weighted by atomic mass is 10.1. The summed E-state index contributed by atoms with van der Waals surface area (Å²) in [5.74, 6) is 0.691. The molecule has 1 amide bonds. The summed E-state index contributed by atoms with van der Waals surface area (Å²) in [6.45, 7) is 4.07. The molecule has 164 valence electrons. The summed E-state index contributed by atoms with van der Waals surface area (Å²) in [5, 5.41) is 4.85. The van der Waals surface area contributed by atoms with Gasteiger partial charge in [-0.15, -0.1) is 0 Å². The summed E-state index contributed by atoms with van der Waals surface area (Å²) in [6.07, 6.45) is 4.68. The van der Waals surface area contributed by atoms with E-state index in [1.807, 2.05) is 72.4 Å². The van der Waals surface area contributed by atoms with Gasteiger partial charge in [-0.2, -0.15) is 5.10 Å². The van der Waals surface area contributed by atoms with Gasteiger partial charge in [0, 0.05) is 23.4 Å². The lowest BCUT2D eigenvalue weighted by Gasteiger charge is -2.21. The molecule has 2 aromatic carbocycles. The molecule has 0 saturated carbocycles. The predicted octanol–water partition coefficient (Wildman–Crippen LogP) is 6.31. The maximum atomic E-state index is 13.1. The molecule has 3 aromatic rings. The van der Waals surface area contributed by atoms with Gasteiger partial charge in [0.2, 0.25) is 0 Å². The first-order chi connectivity index (χ1) is 15.4. The highest BCUT2D eigenvalue weighted by Crippen LogP contribution is 2.37. The van der Waals surface area contributed by atoms with Crippen molar-refractivity contribution in [2.75, 3.05) is 7.11 Å². The standard InChI is InChI=1S/C24H22BrN3O2S2/c1-4-15(2)28-23(29)21(32-24(28)31)13-17-14-27(18-8-6-5-7-9-18)26-22(17)16-10-11-20(30-3)19(25)12-16/h5-15H,4H2,1-3H3/b21-13-/t15-/m1/s1. The van der Waals surface area contributed by atoms with Crippen molar-refractivity contribution in [1.29, 1.82) is 0 Å². The highest BCUT2D eigenvalue weighted by atomic mass is 79.9. The van der Waals surface area contributed by atoms with Crippen molar-refractivity contribution in [2.45, 2.75) is 26.3 Å². The van der Waals surface area contributed by atoms with Crippen molar-refractivity contribution in [3.8, 4) is 22.7 Å². The summed E-state index contributed by atoms with van der Waals surface area (Å²) in [4.78, 5) is 15.4. The van der Waals surface area contributed by atoms with E-state index in [0.717, 1.165) is 39.2 Å². The number of halogens is 1. The number of benzene rings is 2. The number of ether oxygens (including phenoxy) is 1. The van der Waals surface area contributed by atoms with Gasteiger partial charge < -0.3 is 4.74 Å². The molecule has 1 atom stereocenters. The van der Waals surface area contributed by atoms with Crippen molar-refractivity contribution in [2.24, 2.45) is 0 Å². The molecule has 0 unspecified atom stereocenters. The number of thioether (sulfide) groups is 1. The van der Waals surface area contributed by atoms with Crippen molar-refractivity contribution in [3.05, 3.63) is 69.7 Å². The number of hydrogen-bond acceptors (Lipinski definition) is 5. The largest absolute Gasteiger partial charge is 0.496 e. The third-order valence-corrected chi connectivity index (χ3v) is 7.28. The van der Waals surface area contributed by atoms with E-state index in [-0.39, 0.29) is 11.9 Å². The minimum Gasteiger partial charge on any atom is -0.496 e. The monoisotopic (exact) mass is 527 g/mol. The van der Waals surface area contributed by atoms with Gasteiger partial charge in [0.1, 0.15) is 15.8 Å². The van der Waals surface area contributed by atoms with Crippen LogP contribution < -0.4 is 4.74 Å². The summed E-state index contributed by atoms with van der Waals surface area (Å²) >= 11 is 10.4. The Morgan fingerprint density at radius 3 is 2.66 bits per heavy atom. The van der Waals surface area contributed by atoms with Crippen molar-refractivity contribution in [3.63, 3.8) is 0 Å². The Labute approximate surface area is 205 Å². The van der Waals surface area contributed by atoms with Crippen LogP contribution in [-0.2, 0) is 4.79 Å². The number of carbonyl (C=O) groups is 1. The maximum absolute atomic E-state index is 13.1. The number of methoxy groups -OCH3 is 1. The number of nitrogens with zero attached hydrogens (tertiary/aromatic N) is 3. The highest BCUT2D eigenvalue weighted by molar-refractivity contribution is 9.10. The minimum absolute atomic E-state index is 0.0522. The number of thiocarbonyl (C=S) groups is 1. The molecule has 1 aliphatic rings. The zero-order valence-electron chi connectivity index (χ0n) is 17.9. The highest BCUT2D eigenvalue weighted by Gasteiger charge is 2.35. The molecule has 0 N–H and O–H groups in total. The molecule has 0 spiro atoms. The van der Waals surface area contributed by atoms with Crippen molar-refractivity contribution < 1.29 is 9.53 Å². The fourth-order valence-electron chi connectivity index (χ4n) is 3.43. The molecule has 1 saturated heterocycles. The Hall–Kier alpha value is -2.42. The zero-order chi connectivity index (χ0) is 22.8. The number of aromatic nitrogens is 2. The quantitative estimate of drug-likeness (QED) is 0.277. The second-order valence-electron chi connectivity index (χ2n) is 7.37. The van der Waals surface area contributed by atoms with Crippen molar-refractivity contribution >= 4 is 56.2 Å². The molecule has 2 heterocycles. The molecule has 1 aliphatic heterocycles. The summed E-state index contributed by atoms with van der Waals surface area (Å²) in [5.41, 5.74) is 3.46. The fourth-order valence-corrected chi connectivity index (χ4v) is 5.42. The molecule has 5 nitrogen and oxygen atoms in total. The molecule has 1 fully saturated rings.